The zero-order valence-electron chi connectivity index (χ0n) is 13.8. The van der Waals surface area contributed by atoms with Crippen LogP contribution in [0.1, 0.15) is 30.6 Å². The molecule has 0 spiro atoms. The van der Waals surface area contributed by atoms with Crippen LogP contribution in [0, 0.1) is 11.8 Å². The van der Waals surface area contributed by atoms with Gasteiger partial charge in [-0.2, -0.15) is 0 Å². The van der Waals surface area contributed by atoms with E-state index >= 15 is 0 Å². The summed E-state index contributed by atoms with van der Waals surface area (Å²) >= 11 is 0. The van der Waals surface area contributed by atoms with E-state index in [0.717, 1.165) is 31.7 Å². The van der Waals surface area contributed by atoms with Crippen molar-refractivity contribution < 1.29 is 4.79 Å². The summed E-state index contributed by atoms with van der Waals surface area (Å²) in [5.74, 6) is 1.40. The van der Waals surface area contributed by atoms with E-state index in [4.69, 9.17) is 5.73 Å². The first-order valence-electron chi connectivity index (χ1n) is 7.92. The maximum absolute atomic E-state index is 12.6. The van der Waals surface area contributed by atoms with Crippen LogP contribution in [-0.2, 0) is 0 Å². The third-order valence-electron chi connectivity index (χ3n) is 4.78. The third-order valence-corrected chi connectivity index (χ3v) is 4.78. The molecule has 23 heavy (non-hydrogen) atoms. The van der Waals surface area contributed by atoms with Crippen molar-refractivity contribution in [2.45, 2.75) is 26.3 Å². The van der Waals surface area contributed by atoms with Crippen LogP contribution in [0.5, 0.6) is 0 Å². The Morgan fingerprint density at radius 1 is 1.04 bits per heavy atom. The number of carbonyl (C=O) groups excluding carboxylic acids is 1. The van der Waals surface area contributed by atoms with Gasteiger partial charge < -0.3 is 15.5 Å². The van der Waals surface area contributed by atoms with Crippen molar-refractivity contribution in [3.63, 3.8) is 0 Å². The van der Waals surface area contributed by atoms with Crippen molar-refractivity contribution >= 4 is 36.4 Å². The second kappa shape index (κ2) is 8.22. The molecule has 2 heterocycles. The number of carbonyl (C=O) groups is 1. The van der Waals surface area contributed by atoms with E-state index in [0.29, 0.717) is 23.6 Å². The molecule has 6 heteroatoms. The first-order chi connectivity index (χ1) is 10.0. The van der Waals surface area contributed by atoms with E-state index in [-0.39, 0.29) is 30.7 Å². The molecule has 2 bridgehead atoms. The van der Waals surface area contributed by atoms with Crippen LogP contribution in [0.15, 0.2) is 24.3 Å². The van der Waals surface area contributed by atoms with Crippen LogP contribution < -0.4 is 5.73 Å². The van der Waals surface area contributed by atoms with E-state index in [1.165, 1.54) is 6.42 Å². The van der Waals surface area contributed by atoms with Gasteiger partial charge in [-0.1, -0.05) is 0 Å². The molecule has 130 valence electrons. The Kier molecular flexibility index (Phi) is 7.18. The van der Waals surface area contributed by atoms with Crippen molar-refractivity contribution in [3.05, 3.63) is 29.8 Å². The average Bonchev–Trinajstić information content (AvgIpc) is 2.46. The fraction of sp³-hybridized carbons (Fsp3) is 0.588. The number of anilines is 1. The highest BCUT2D eigenvalue weighted by atomic mass is 35.5. The number of piperidine rings is 2. The maximum Gasteiger partial charge on any atom is 0.253 e. The van der Waals surface area contributed by atoms with Gasteiger partial charge in [0.25, 0.3) is 5.91 Å². The molecular weight excluding hydrogens is 333 g/mol. The largest absolute Gasteiger partial charge is 0.399 e. The van der Waals surface area contributed by atoms with Gasteiger partial charge >= 0.3 is 0 Å². The topological polar surface area (TPSA) is 49.6 Å². The number of halogens is 2. The fourth-order valence-corrected chi connectivity index (χ4v) is 3.72. The molecule has 4 nitrogen and oxygen atoms in total. The van der Waals surface area contributed by atoms with Crippen molar-refractivity contribution in [2.24, 2.45) is 11.8 Å². The number of nitrogen functional groups attached to an aromatic ring is 1. The number of amides is 1. The molecule has 2 N–H and O–H groups in total. The number of likely N-dealkylation sites (tertiary alicyclic amines) is 2. The Bertz CT molecular complexity index is 507. The number of fused-ring (bicyclic) bond motifs is 2. The highest BCUT2D eigenvalue weighted by Gasteiger charge is 2.36. The quantitative estimate of drug-likeness (QED) is 0.825. The van der Waals surface area contributed by atoms with Gasteiger partial charge in [-0.3, -0.25) is 4.79 Å². The first kappa shape index (κ1) is 20.1. The highest BCUT2D eigenvalue weighted by Crippen LogP contribution is 2.30. The van der Waals surface area contributed by atoms with E-state index in [2.05, 4.69) is 18.7 Å². The number of nitrogens with zero attached hydrogens (tertiary/aromatic N) is 2. The van der Waals surface area contributed by atoms with Crippen molar-refractivity contribution in [1.29, 1.82) is 0 Å². The molecule has 0 saturated carbocycles. The summed E-state index contributed by atoms with van der Waals surface area (Å²) in [6.07, 6.45) is 1.27. The minimum Gasteiger partial charge on any atom is -0.399 e. The normalized spacial score (nSPS) is 23.9. The van der Waals surface area contributed by atoms with Gasteiger partial charge in [0.2, 0.25) is 0 Å². The molecule has 2 aliphatic heterocycles. The smallest absolute Gasteiger partial charge is 0.253 e. The number of rotatable bonds is 2. The number of hydrogen-bond acceptors (Lipinski definition) is 3. The second-order valence-corrected chi connectivity index (χ2v) is 6.85. The summed E-state index contributed by atoms with van der Waals surface area (Å²) in [4.78, 5) is 17.2. The van der Waals surface area contributed by atoms with Crippen LogP contribution in [0.25, 0.3) is 0 Å². The number of nitrogens with two attached hydrogens (primary N) is 1. The zero-order valence-corrected chi connectivity index (χ0v) is 15.4. The van der Waals surface area contributed by atoms with Crippen molar-refractivity contribution in [1.82, 2.24) is 9.80 Å². The van der Waals surface area contributed by atoms with E-state index < -0.39 is 0 Å². The summed E-state index contributed by atoms with van der Waals surface area (Å²) in [7, 11) is 0. The van der Waals surface area contributed by atoms with Gasteiger partial charge in [-0.05, 0) is 56.4 Å². The molecule has 2 saturated heterocycles. The minimum atomic E-state index is 0. The molecule has 1 aromatic carbocycles. The van der Waals surface area contributed by atoms with Gasteiger partial charge in [0.1, 0.15) is 0 Å². The maximum atomic E-state index is 12.6. The molecule has 0 aliphatic carbocycles. The molecule has 2 unspecified atom stereocenters. The Balaban J connectivity index is 0.00000132. The fourth-order valence-electron chi connectivity index (χ4n) is 3.72. The van der Waals surface area contributed by atoms with Crippen LogP contribution in [0.4, 0.5) is 5.69 Å². The van der Waals surface area contributed by atoms with Gasteiger partial charge in [-0.15, -0.1) is 24.8 Å². The predicted molar refractivity (Wildman–Crippen MR) is 99.6 cm³/mol. The molecular formula is C17H27Cl2N3O. The molecule has 0 radical (unpaired) electrons. The SMILES string of the molecule is CC(C)N1CC2CC(CN(C(=O)c3ccc(N)cc3)C2)C1.Cl.Cl. The number of benzene rings is 1. The molecule has 3 rings (SSSR count). The number of hydrogen-bond donors (Lipinski definition) is 1. The third kappa shape index (κ3) is 4.52. The Labute approximate surface area is 151 Å². The molecule has 2 fully saturated rings. The van der Waals surface area contributed by atoms with Crippen LogP contribution in [0.3, 0.4) is 0 Å². The first-order valence-corrected chi connectivity index (χ1v) is 7.92. The van der Waals surface area contributed by atoms with Gasteiger partial charge in [-0.25, -0.2) is 0 Å². The summed E-state index contributed by atoms with van der Waals surface area (Å²) in [6.45, 7) is 8.56. The molecule has 1 amide bonds. The predicted octanol–water partition coefficient (Wildman–Crippen LogP) is 2.91. The van der Waals surface area contributed by atoms with Gasteiger partial charge in [0, 0.05) is 43.5 Å². The Hall–Kier alpha value is -0.970. The zero-order chi connectivity index (χ0) is 15.0. The summed E-state index contributed by atoms with van der Waals surface area (Å²) in [5.41, 5.74) is 7.15. The lowest BCUT2D eigenvalue weighted by atomic mass is 9.84. The molecule has 2 aliphatic rings. The average molecular weight is 360 g/mol. The lowest BCUT2D eigenvalue weighted by Gasteiger charge is -2.47. The van der Waals surface area contributed by atoms with Gasteiger partial charge in [0.05, 0.1) is 0 Å². The van der Waals surface area contributed by atoms with Crippen LogP contribution >= 0.6 is 24.8 Å². The monoisotopic (exact) mass is 359 g/mol. The minimum absolute atomic E-state index is 0. The van der Waals surface area contributed by atoms with E-state index in [9.17, 15) is 4.79 Å². The standard InChI is InChI=1S/C17H25N3O.2ClH/c1-12(2)19-8-13-7-14(9-19)11-20(10-13)17(21)15-3-5-16(18)6-4-15;;/h3-6,12-14H,7-11,18H2,1-2H3;2*1H. The van der Waals surface area contributed by atoms with Crippen LogP contribution in [-0.4, -0.2) is 47.9 Å². The van der Waals surface area contributed by atoms with Gasteiger partial charge in [0.15, 0.2) is 0 Å². The van der Waals surface area contributed by atoms with Crippen molar-refractivity contribution in [3.8, 4) is 0 Å². The van der Waals surface area contributed by atoms with E-state index in [1.54, 1.807) is 12.1 Å². The highest BCUT2D eigenvalue weighted by molar-refractivity contribution is 5.94. The lowest BCUT2D eigenvalue weighted by Crippen LogP contribution is -2.55. The second-order valence-electron chi connectivity index (χ2n) is 6.85. The van der Waals surface area contributed by atoms with Crippen LogP contribution in [0.2, 0.25) is 0 Å². The van der Waals surface area contributed by atoms with Crippen molar-refractivity contribution in [2.75, 3.05) is 31.9 Å². The molecule has 2 atom stereocenters. The molecule has 0 aromatic heterocycles. The Morgan fingerprint density at radius 2 is 1.57 bits per heavy atom. The Morgan fingerprint density at radius 3 is 2.04 bits per heavy atom. The summed E-state index contributed by atoms with van der Waals surface area (Å²) in [6, 6.07) is 7.89. The summed E-state index contributed by atoms with van der Waals surface area (Å²) in [5, 5.41) is 0. The molecule has 1 aromatic rings. The summed E-state index contributed by atoms with van der Waals surface area (Å²) < 4.78 is 0. The lowest BCUT2D eigenvalue weighted by molar-refractivity contribution is 0.0168. The van der Waals surface area contributed by atoms with E-state index in [1.807, 2.05) is 17.0 Å².